The maximum absolute atomic E-state index is 14.8. The van der Waals surface area contributed by atoms with Crippen LogP contribution < -0.4 is 29.0 Å². The molecule has 14 nitrogen and oxygen atoms in total. The number of ether oxygens (including phenoxy) is 6. The second-order valence-electron chi connectivity index (χ2n) is 15.5. The van der Waals surface area contributed by atoms with Crippen LogP contribution in [0, 0.1) is 13.8 Å². The Labute approximate surface area is 326 Å². The molecule has 0 saturated carbocycles. The molecule has 1 aromatic heterocycles. The first-order valence-corrected chi connectivity index (χ1v) is 19.9. The van der Waals surface area contributed by atoms with Crippen molar-refractivity contribution in [3.05, 3.63) is 69.0 Å². The minimum atomic E-state index is -1.39. The number of aryl methyl sites for hydroxylation is 1. The molecule has 1 spiro atoms. The van der Waals surface area contributed by atoms with Crippen LogP contribution in [0.25, 0.3) is 11.0 Å². The fourth-order valence-electron chi connectivity index (χ4n) is 10.4. The molecule has 3 N–H and O–H groups in total. The van der Waals surface area contributed by atoms with Gasteiger partial charge in [-0.2, -0.15) is 0 Å². The Morgan fingerprint density at radius 3 is 2.62 bits per heavy atom. The molecule has 2 saturated heterocycles. The van der Waals surface area contributed by atoms with Crippen LogP contribution in [0.2, 0.25) is 0 Å². The van der Waals surface area contributed by atoms with Crippen molar-refractivity contribution in [3.8, 4) is 34.5 Å². The van der Waals surface area contributed by atoms with Crippen molar-refractivity contribution in [2.24, 2.45) is 0 Å². The number of methoxy groups -OCH3 is 2. The maximum atomic E-state index is 14.8. The van der Waals surface area contributed by atoms with Crippen LogP contribution in [-0.4, -0.2) is 97.2 Å². The Balaban J connectivity index is 1.23. The molecule has 11 rings (SSSR count). The molecule has 4 bridgehead atoms. The maximum Gasteiger partial charge on any atom is 0.335 e. The molecule has 7 aliphatic rings. The third kappa shape index (κ3) is 4.71. The number of piperazine rings is 1. The summed E-state index contributed by atoms with van der Waals surface area (Å²) < 4.78 is 42.7. The number of benzene rings is 3. The normalized spacial score (nSPS) is 28.9. The molecule has 3 unspecified atom stereocenters. The van der Waals surface area contributed by atoms with Crippen molar-refractivity contribution >= 4 is 34.7 Å². The molecule has 2 fully saturated rings. The zero-order valence-corrected chi connectivity index (χ0v) is 32.7. The summed E-state index contributed by atoms with van der Waals surface area (Å²) in [4.78, 5) is 31.9. The lowest BCUT2D eigenvalue weighted by Crippen LogP contribution is -2.70. The quantitative estimate of drug-likeness (QED) is 0.197. The molecular formula is C41H43N3O11S. The fraction of sp³-hybridized carbons (Fsp3) is 0.463. The smallest absolute Gasteiger partial charge is 0.335 e. The lowest BCUT2D eigenvalue weighted by Gasteiger charge is -2.62. The largest absolute Gasteiger partial charge is 0.504 e. The van der Waals surface area contributed by atoms with Crippen LogP contribution in [0.3, 0.4) is 0 Å². The van der Waals surface area contributed by atoms with Crippen molar-refractivity contribution in [1.29, 1.82) is 0 Å². The van der Waals surface area contributed by atoms with E-state index in [-0.39, 0.29) is 30.9 Å². The van der Waals surface area contributed by atoms with Crippen molar-refractivity contribution in [2.45, 2.75) is 74.8 Å². The van der Waals surface area contributed by atoms with Crippen molar-refractivity contribution in [2.75, 3.05) is 47.0 Å². The highest BCUT2D eigenvalue weighted by Gasteiger charge is 2.62. The minimum Gasteiger partial charge on any atom is -0.504 e. The van der Waals surface area contributed by atoms with Gasteiger partial charge in [-0.1, -0.05) is 6.07 Å². The number of aromatic hydroxyl groups is 1. The first kappa shape index (κ1) is 35.7. The van der Waals surface area contributed by atoms with Gasteiger partial charge >= 0.3 is 11.9 Å². The number of rotatable bonds is 3. The van der Waals surface area contributed by atoms with E-state index in [0.717, 1.165) is 22.1 Å². The minimum absolute atomic E-state index is 0.0496. The number of aliphatic hydroxyl groups excluding tert-OH is 1. The number of likely N-dealkylation sites (N-methyl/N-ethyl adjacent to an activating group) is 1. The van der Waals surface area contributed by atoms with Crippen LogP contribution >= 0.6 is 11.8 Å². The summed E-state index contributed by atoms with van der Waals surface area (Å²) in [6.45, 7) is 5.36. The summed E-state index contributed by atoms with van der Waals surface area (Å²) in [6, 6.07) is 5.46. The Morgan fingerprint density at radius 1 is 1.05 bits per heavy atom. The molecule has 4 aromatic rings. The monoisotopic (exact) mass is 785 g/mol. The van der Waals surface area contributed by atoms with E-state index < -0.39 is 47.1 Å². The summed E-state index contributed by atoms with van der Waals surface area (Å²) in [6.07, 6.45) is 0.0463. The highest BCUT2D eigenvalue weighted by molar-refractivity contribution is 7.99. The van der Waals surface area contributed by atoms with Gasteiger partial charge in [-0.15, -0.1) is 11.8 Å². The molecule has 0 radical (unpaired) electrons. The number of fused-ring (bicyclic) bond motifs is 11. The molecule has 0 aliphatic carbocycles. The number of phenols is 1. The second kappa shape index (κ2) is 12.7. The van der Waals surface area contributed by atoms with E-state index in [9.17, 15) is 19.8 Å². The Morgan fingerprint density at radius 2 is 1.86 bits per heavy atom. The molecule has 294 valence electrons. The SMILES string of the molecule is COc1ccc2oc3c(c2c1)CCN[C@]31CS[C@@H]2c3c(OC(C)=O)c(C)c4c(c3[C@H](COC1=O)N1C2C2c3c(cc(C)c(OC)c3O)CC([C@@H]1O)N2C)OCO4. The molecule has 3 aromatic carbocycles. The molecule has 15 heteroatoms. The van der Waals surface area contributed by atoms with Gasteiger partial charge in [0.25, 0.3) is 0 Å². The van der Waals surface area contributed by atoms with E-state index in [0.29, 0.717) is 81.7 Å². The van der Waals surface area contributed by atoms with Crippen molar-refractivity contribution in [1.82, 2.24) is 15.1 Å². The van der Waals surface area contributed by atoms with Gasteiger partial charge in [-0.3, -0.25) is 19.9 Å². The number of furan rings is 1. The number of aliphatic hydroxyl groups is 1. The number of esters is 2. The van der Waals surface area contributed by atoms with E-state index in [1.165, 1.54) is 18.7 Å². The summed E-state index contributed by atoms with van der Waals surface area (Å²) in [5, 5.41) is 28.5. The van der Waals surface area contributed by atoms with E-state index >= 15 is 0 Å². The van der Waals surface area contributed by atoms with Gasteiger partial charge in [0.15, 0.2) is 28.5 Å². The Hall–Kier alpha value is -4.67. The lowest BCUT2D eigenvalue weighted by molar-refractivity contribution is -0.186. The number of hydrogen-bond donors (Lipinski definition) is 3. The predicted octanol–water partition coefficient (Wildman–Crippen LogP) is 4.45. The van der Waals surface area contributed by atoms with Gasteiger partial charge in [-0.05, 0) is 63.1 Å². The lowest BCUT2D eigenvalue weighted by atomic mass is 9.73. The van der Waals surface area contributed by atoms with Gasteiger partial charge < -0.3 is 43.1 Å². The second-order valence-corrected chi connectivity index (χ2v) is 16.7. The summed E-state index contributed by atoms with van der Waals surface area (Å²) >= 11 is 1.49. The Kier molecular flexibility index (Phi) is 8.08. The third-order valence-electron chi connectivity index (χ3n) is 12.8. The summed E-state index contributed by atoms with van der Waals surface area (Å²) in [5.41, 5.74) is 4.50. The number of carbonyl (C=O) groups excluding carboxylic acids is 2. The van der Waals surface area contributed by atoms with Gasteiger partial charge in [0.1, 0.15) is 35.7 Å². The first-order valence-electron chi connectivity index (χ1n) is 18.8. The van der Waals surface area contributed by atoms with Gasteiger partial charge in [-0.25, -0.2) is 4.79 Å². The van der Waals surface area contributed by atoms with E-state index in [1.54, 1.807) is 14.2 Å². The molecule has 7 atom stereocenters. The van der Waals surface area contributed by atoms with Crippen LogP contribution in [0.5, 0.6) is 34.5 Å². The fourth-order valence-corrected chi connectivity index (χ4v) is 12.1. The standard InChI is InChI=1S/C41H43N3O11S/c1-17-11-20-12-24-39(47)44-25-14-51-40(48)41(38-22(9-10-42-41)23-13-21(49-5)7-8-26(23)55-38)15-56-37(31(44)30(43(24)4)27(20)32(46)33(17)50-6)29-28(25)36-35(52-16-53-36)18(2)34(29)54-19(3)45/h7-8,11,13,24-25,30-31,37,39,42,46-47H,9-10,12,14-16H2,1-6H3/t24?,25-,30?,31?,37+,39-,41+/m0/s1. The van der Waals surface area contributed by atoms with Crippen molar-refractivity contribution < 1.29 is 52.6 Å². The van der Waals surface area contributed by atoms with Gasteiger partial charge in [0.05, 0.1) is 37.6 Å². The van der Waals surface area contributed by atoms with E-state index in [1.807, 2.05) is 50.1 Å². The number of phenolic OH excluding ortho intramolecular Hbond substituents is 1. The number of carbonyl (C=O) groups is 2. The Bertz CT molecular complexity index is 2360. The van der Waals surface area contributed by atoms with Crippen LogP contribution in [-0.2, 0) is 32.7 Å². The molecule has 0 amide bonds. The topological polar surface area (TPSA) is 162 Å². The first-order chi connectivity index (χ1) is 27.0. The van der Waals surface area contributed by atoms with Gasteiger partial charge in [0.2, 0.25) is 6.79 Å². The predicted molar refractivity (Wildman–Crippen MR) is 203 cm³/mol. The van der Waals surface area contributed by atoms with Gasteiger partial charge in [0, 0.05) is 58.5 Å². The highest BCUT2D eigenvalue weighted by Crippen LogP contribution is 2.64. The average Bonchev–Trinajstić information content (AvgIpc) is 3.82. The number of hydrogen-bond acceptors (Lipinski definition) is 15. The van der Waals surface area contributed by atoms with E-state index in [2.05, 4.69) is 10.2 Å². The number of thioether (sulfide) groups is 1. The molecule has 7 aliphatic heterocycles. The zero-order valence-electron chi connectivity index (χ0n) is 31.9. The third-order valence-corrected chi connectivity index (χ3v) is 14.2. The van der Waals surface area contributed by atoms with E-state index in [4.69, 9.17) is 32.8 Å². The number of nitrogens with zero attached hydrogens (tertiary/aromatic N) is 2. The van der Waals surface area contributed by atoms with Crippen LogP contribution in [0.1, 0.15) is 69.0 Å². The van der Waals surface area contributed by atoms with Crippen molar-refractivity contribution in [3.63, 3.8) is 0 Å². The zero-order chi connectivity index (χ0) is 38.9. The molecule has 56 heavy (non-hydrogen) atoms. The highest BCUT2D eigenvalue weighted by atomic mass is 32.2. The van der Waals surface area contributed by atoms with Crippen LogP contribution in [0.4, 0.5) is 0 Å². The van der Waals surface area contributed by atoms with Crippen LogP contribution in [0.15, 0.2) is 28.7 Å². The summed E-state index contributed by atoms with van der Waals surface area (Å²) in [7, 11) is 5.13. The number of nitrogens with one attached hydrogen (secondary N) is 1. The molecule has 8 heterocycles. The average molecular weight is 786 g/mol. The summed E-state index contributed by atoms with van der Waals surface area (Å²) in [5.74, 6) is 1.99. The molecular weight excluding hydrogens is 743 g/mol.